The molecule has 1 aliphatic carbocycles. The minimum Gasteiger partial charge on any atom is -0.493 e. The third-order valence-corrected chi connectivity index (χ3v) is 5.43. The Labute approximate surface area is 151 Å². The number of hydrogen-bond acceptors (Lipinski definition) is 3. The molecule has 1 N–H and O–H groups in total. The van der Waals surface area contributed by atoms with Crippen molar-refractivity contribution in [1.29, 1.82) is 0 Å². The Hall–Kier alpha value is -1.91. The summed E-state index contributed by atoms with van der Waals surface area (Å²) in [5.74, 6) is 2.60. The topological polar surface area (TPSA) is 46.1 Å². The first kappa shape index (κ1) is 17.9. The van der Waals surface area contributed by atoms with Gasteiger partial charge in [0, 0.05) is 19.6 Å². The van der Waals surface area contributed by atoms with E-state index in [1.165, 1.54) is 25.7 Å². The highest BCUT2D eigenvalue weighted by Gasteiger charge is 2.43. The molecule has 0 amide bonds. The Balaban J connectivity index is 1.69. The Bertz CT molecular complexity index is 611. The Morgan fingerprint density at radius 1 is 1.24 bits per heavy atom. The number of aliphatic imine (C=N–C) groups is 1. The first-order valence-electron chi connectivity index (χ1n) is 9.52. The van der Waals surface area contributed by atoms with Crippen LogP contribution in [-0.2, 0) is 6.54 Å². The highest BCUT2D eigenvalue weighted by Crippen LogP contribution is 2.47. The maximum absolute atomic E-state index is 5.59. The van der Waals surface area contributed by atoms with Gasteiger partial charge in [0.25, 0.3) is 0 Å². The molecule has 5 nitrogen and oxygen atoms in total. The molecule has 1 spiro atoms. The van der Waals surface area contributed by atoms with E-state index in [0.717, 1.165) is 42.7 Å². The highest BCUT2D eigenvalue weighted by atomic mass is 16.5. The number of nitrogens with zero attached hydrogens (tertiary/aromatic N) is 2. The van der Waals surface area contributed by atoms with Crippen LogP contribution in [-0.4, -0.2) is 44.2 Å². The Morgan fingerprint density at radius 3 is 2.68 bits per heavy atom. The molecule has 0 aromatic heterocycles. The van der Waals surface area contributed by atoms with Gasteiger partial charge in [-0.15, -0.1) is 0 Å². The van der Waals surface area contributed by atoms with Crippen molar-refractivity contribution in [1.82, 2.24) is 10.2 Å². The molecule has 1 aromatic rings. The lowest BCUT2D eigenvalue weighted by molar-refractivity contribution is 0.151. The van der Waals surface area contributed by atoms with E-state index >= 15 is 0 Å². The van der Waals surface area contributed by atoms with Crippen LogP contribution in [0.15, 0.2) is 23.2 Å². The minimum atomic E-state index is 0.582. The molecule has 0 radical (unpaired) electrons. The number of nitrogens with one attached hydrogen (secondary N) is 1. The molecule has 25 heavy (non-hydrogen) atoms. The number of ether oxygens (including phenoxy) is 2. The Kier molecular flexibility index (Phi) is 5.71. The summed E-state index contributed by atoms with van der Waals surface area (Å²) in [7, 11) is 1.68. The first-order chi connectivity index (χ1) is 12.2. The van der Waals surface area contributed by atoms with E-state index < -0.39 is 0 Å². The molecular weight excluding hydrogens is 314 g/mol. The summed E-state index contributed by atoms with van der Waals surface area (Å²) in [6.45, 7) is 8.57. The standard InChI is InChI=1S/C20H31N3O2/c1-4-21-19(23-12-11-20(15-23)9-6-10-20)22-14-16-7-8-17(25-5-2)18(13-16)24-3/h7-8,13H,4-6,9-12,14-15H2,1-3H3,(H,21,22). The van der Waals surface area contributed by atoms with E-state index in [1.54, 1.807) is 7.11 Å². The van der Waals surface area contributed by atoms with Crippen LogP contribution < -0.4 is 14.8 Å². The molecule has 1 saturated carbocycles. The maximum atomic E-state index is 5.59. The number of methoxy groups -OCH3 is 1. The second-order valence-electron chi connectivity index (χ2n) is 7.11. The number of likely N-dealkylation sites (tertiary alicyclic amines) is 1. The molecule has 138 valence electrons. The second-order valence-corrected chi connectivity index (χ2v) is 7.11. The van der Waals surface area contributed by atoms with Crippen LogP contribution in [0.25, 0.3) is 0 Å². The van der Waals surface area contributed by atoms with Crippen LogP contribution in [0, 0.1) is 5.41 Å². The molecule has 2 aliphatic rings. The van der Waals surface area contributed by atoms with Crippen LogP contribution in [0.4, 0.5) is 0 Å². The molecule has 1 aliphatic heterocycles. The maximum Gasteiger partial charge on any atom is 0.194 e. The largest absolute Gasteiger partial charge is 0.493 e. The summed E-state index contributed by atoms with van der Waals surface area (Å²) in [4.78, 5) is 7.31. The van der Waals surface area contributed by atoms with Crippen LogP contribution in [0.1, 0.15) is 45.1 Å². The molecule has 0 unspecified atom stereocenters. The van der Waals surface area contributed by atoms with Crippen molar-refractivity contribution in [3.05, 3.63) is 23.8 Å². The van der Waals surface area contributed by atoms with E-state index in [0.29, 0.717) is 18.6 Å². The molecule has 1 heterocycles. The molecule has 3 rings (SSSR count). The van der Waals surface area contributed by atoms with E-state index in [-0.39, 0.29) is 0 Å². The lowest BCUT2D eigenvalue weighted by Gasteiger charge is -2.38. The van der Waals surface area contributed by atoms with Gasteiger partial charge in [-0.25, -0.2) is 4.99 Å². The van der Waals surface area contributed by atoms with Crippen molar-refractivity contribution in [3.63, 3.8) is 0 Å². The van der Waals surface area contributed by atoms with E-state index in [2.05, 4.69) is 23.2 Å². The molecule has 0 bridgehead atoms. The SMILES string of the molecule is CCNC(=NCc1ccc(OCC)c(OC)c1)N1CCC2(CCC2)C1. The van der Waals surface area contributed by atoms with Crippen molar-refractivity contribution in [3.8, 4) is 11.5 Å². The average Bonchev–Trinajstić information content (AvgIpc) is 3.05. The fraction of sp³-hybridized carbons (Fsp3) is 0.650. The molecule has 0 atom stereocenters. The van der Waals surface area contributed by atoms with Gasteiger partial charge in [0.15, 0.2) is 17.5 Å². The number of hydrogen-bond donors (Lipinski definition) is 1. The molecule has 1 saturated heterocycles. The number of rotatable bonds is 6. The van der Waals surface area contributed by atoms with Crippen molar-refractivity contribution in [2.45, 2.75) is 46.1 Å². The number of benzene rings is 1. The van der Waals surface area contributed by atoms with Gasteiger partial charge < -0.3 is 19.7 Å². The predicted octanol–water partition coefficient (Wildman–Crippen LogP) is 3.44. The predicted molar refractivity (Wildman–Crippen MR) is 101 cm³/mol. The average molecular weight is 345 g/mol. The third-order valence-electron chi connectivity index (χ3n) is 5.43. The van der Waals surface area contributed by atoms with Crippen molar-refractivity contribution >= 4 is 5.96 Å². The van der Waals surface area contributed by atoms with Crippen molar-refractivity contribution < 1.29 is 9.47 Å². The highest BCUT2D eigenvalue weighted by molar-refractivity contribution is 5.80. The lowest BCUT2D eigenvalue weighted by atomic mass is 9.68. The van der Waals surface area contributed by atoms with E-state index in [1.807, 2.05) is 19.1 Å². The van der Waals surface area contributed by atoms with Gasteiger partial charge in [-0.2, -0.15) is 0 Å². The zero-order valence-corrected chi connectivity index (χ0v) is 15.8. The summed E-state index contributed by atoms with van der Waals surface area (Å²) < 4.78 is 11.0. The van der Waals surface area contributed by atoms with Gasteiger partial charge in [-0.1, -0.05) is 12.5 Å². The van der Waals surface area contributed by atoms with Gasteiger partial charge in [0.05, 0.1) is 20.3 Å². The Morgan fingerprint density at radius 2 is 2.08 bits per heavy atom. The number of guanidine groups is 1. The van der Waals surface area contributed by atoms with Gasteiger partial charge >= 0.3 is 0 Å². The first-order valence-corrected chi connectivity index (χ1v) is 9.52. The second kappa shape index (κ2) is 7.98. The van der Waals surface area contributed by atoms with E-state index in [4.69, 9.17) is 14.5 Å². The van der Waals surface area contributed by atoms with Crippen molar-refractivity contribution in [2.24, 2.45) is 10.4 Å². The van der Waals surface area contributed by atoms with Gasteiger partial charge in [0.1, 0.15) is 0 Å². The zero-order valence-electron chi connectivity index (χ0n) is 15.8. The van der Waals surface area contributed by atoms with Gasteiger partial charge in [0.2, 0.25) is 0 Å². The summed E-state index contributed by atoms with van der Waals surface area (Å²) in [5.41, 5.74) is 1.71. The van der Waals surface area contributed by atoms with Crippen LogP contribution in [0.3, 0.4) is 0 Å². The van der Waals surface area contributed by atoms with Gasteiger partial charge in [-0.05, 0) is 56.2 Å². The third kappa shape index (κ3) is 4.02. The normalized spacial score (nSPS) is 19.0. The monoisotopic (exact) mass is 345 g/mol. The van der Waals surface area contributed by atoms with Crippen LogP contribution >= 0.6 is 0 Å². The van der Waals surface area contributed by atoms with Crippen LogP contribution in [0.5, 0.6) is 11.5 Å². The smallest absolute Gasteiger partial charge is 0.194 e. The van der Waals surface area contributed by atoms with E-state index in [9.17, 15) is 0 Å². The fourth-order valence-electron chi connectivity index (χ4n) is 3.88. The van der Waals surface area contributed by atoms with Gasteiger partial charge in [-0.3, -0.25) is 0 Å². The summed E-state index contributed by atoms with van der Waals surface area (Å²) >= 11 is 0. The zero-order chi connectivity index (χ0) is 17.7. The minimum absolute atomic E-state index is 0.582. The fourth-order valence-corrected chi connectivity index (χ4v) is 3.88. The van der Waals surface area contributed by atoms with Crippen LogP contribution in [0.2, 0.25) is 0 Å². The van der Waals surface area contributed by atoms with Crippen molar-refractivity contribution in [2.75, 3.05) is 33.4 Å². The summed E-state index contributed by atoms with van der Waals surface area (Å²) in [6.07, 6.45) is 5.49. The molecule has 2 fully saturated rings. The lowest BCUT2D eigenvalue weighted by Crippen LogP contribution is -2.42. The molecule has 5 heteroatoms. The molecular formula is C20H31N3O2. The quantitative estimate of drug-likeness (QED) is 0.634. The molecule has 1 aromatic carbocycles. The summed E-state index contributed by atoms with van der Waals surface area (Å²) in [6, 6.07) is 6.06. The summed E-state index contributed by atoms with van der Waals surface area (Å²) in [5, 5.41) is 3.46.